The first-order valence-corrected chi connectivity index (χ1v) is 6.81. The molecule has 2 aliphatic rings. The summed E-state index contributed by atoms with van der Waals surface area (Å²) in [6.07, 6.45) is 4.19. The number of aromatic nitrogens is 2. The number of carbonyl (C=O) groups excluding carboxylic acids is 2. The van der Waals surface area contributed by atoms with Crippen molar-refractivity contribution in [3.63, 3.8) is 0 Å². The molecule has 0 spiro atoms. The molecule has 0 radical (unpaired) electrons. The van der Waals surface area contributed by atoms with E-state index in [-0.39, 0.29) is 24.3 Å². The van der Waals surface area contributed by atoms with Gasteiger partial charge in [-0.2, -0.15) is 0 Å². The third kappa shape index (κ3) is 2.56. The van der Waals surface area contributed by atoms with Gasteiger partial charge in [0.25, 0.3) is 0 Å². The van der Waals surface area contributed by atoms with Crippen LogP contribution in [0.4, 0.5) is 5.95 Å². The van der Waals surface area contributed by atoms with E-state index < -0.39 is 0 Å². The van der Waals surface area contributed by atoms with Crippen molar-refractivity contribution in [2.45, 2.75) is 6.42 Å². The Kier molecular flexibility index (Phi) is 3.49. The molecule has 1 N–H and O–H groups in total. The van der Waals surface area contributed by atoms with Crippen molar-refractivity contribution >= 4 is 17.8 Å². The van der Waals surface area contributed by atoms with Gasteiger partial charge in [-0.1, -0.05) is 0 Å². The van der Waals surface area contributed by atoms with Gasteiger partial charge in [0.1, 0.15) is 0 Å². The first kappa shape index (κ1) is 12.8. The smallest absolute Gasteiger partial charge is 0.239 e. The van der Waals surface area contributed by atoms with Crippen LogP contribution in [-0.2, 0) is 9.59 Å². The fourth-order valence-corrected chi connectivity index (χ4v) is 2.68. The van der Waals surface area contributed by atoms with Crippen LogP contribution in [0.2, 0.25) is 0 Å². The Morgan fingerprint density at radius 1 is 1.30 bits per heavy atom. The molecule has 3 heterocycles. The summed E-state index contributed by atoms with van der Waals surface area (Å²) in [5.74, 6) is 0.591. The maximum absolute atomic E-state index is 12.4. The highest BCUT2D eigenvalue weighted by Crippen LogP contribution is 2.22. The highest BCUT2D eigenvalue weighted by Gasteiger charge is 2.33. The number of rotatable bonds is 2. The lowest BCUT2D eigenvalue weighted by atomic mass is 10.1. The molecule has 1 aromatic rings. The molecule has 1 atom stereocenters. The normalized spacial score (nSPS) is 22.8. The number of nitrogens with one attached hydrogen (secondary N) is 1. The van der Waals surface area contributed by atoms with E-state index in [1.807, 2.05) is 4.90 Å². The molecule has 0 bridgehead atoms. The Morgan fingerprint density at radius 2 is 2.10 bits per heavy atom. The van der Waals surface area contributed by atoms with Gasteiger partial charge in [-0.25, -0.2) is 9.97 Å². The minimum Gasteiger partial charge on any atom is -0.353 e. The molecule has 2 fully saturated rings. The van der Waals surface area contributed by atoms with Gasteiger partial charge < -0.3 is 15.1 Å². The van der Waals surface area contributed by atoms with Crippen LogP contribution in [0.1, 0.15) is 6.42 Å². The first-order valence-electron chi connectivity index (χ1n) is 6.81. The minimum atomic E-state index is -0.0779. The van der Waals surface area contributed by atoms with Crippen molar-refractivity contribution in [2.75, 3.05) is 37.6 Å². The van der Waals surface area contributed by atoms with Crippen molar-refractivity contribution in [3.05, 3.63) is 18.5 Å². The zero-order chi connectivity index (χ0) is 13.9. The van der Waals surface area contributed by atoms with Crippen LogP contribution in [0, 0.1) is 5.92 Å². The van der Waals surface area contributed by atoms with Gasteiger partial charge in [0, 0.05) is 38.6 Å². The second kappa shape index (κ2) is 5.44. The number of carbonyl (C=O) groups is 2. The molecule has 0 aromatic carbocycles. The van der Waals surface area contributed by atoms with Crippen molar-refractivity contribution in [3.8, 4) is 0 Å². The van der Waals surface area contributed by atoms with Gasteiger partial charge >= 0.3 is 0 Å². The summed E-state index contributed by atoms with van der Waals surface area (Å²) in [6, 6.07) is 1.77. The standard InChI is InChI=1S/C13H17N5O2/c19-11-9-17(7-5-14-11)12(20)10-2-6-18(8-10)13-15-3-1-4-16-13/h1,3-4,10H,2,5-9H2,(H,14,19)/t10-/m1/s1. The van der Waals surface area contributed by atoms with E-state index in [1.165, 1.54) is 0 Å². The number of anilines is 1. The lowest BCUT2D eigenvalue weighted by molar-refractivity contribution is -0.140. The molecule has 2 amide bonds. The SMILES string of the molecule is O=C1CN(C(=O)[C@@H]2CCN(c3ncccn3)C2)CCN1. The topological polar surface area (TPSA) is 78.4 Å². The Bertz CT molecular complexity index is 507. The molecule has 3 rings (SSSR count). The molecule has 1 aromatic heterocycles. The Morgan fingerprint density at radius 3 is 2.85 bits per heavy atom. The Hall–Kier alpha value is -2.18. The van der Waals surface area contributed by atoms with E-state index in [0.717, 1.165) is 13.0 Å². The van der Waals surface area contributed by atoms with Crippen molar-refractivity contribution in [1.82, 2.24) is 20.2 Å². The third-order valence-electron chi connectivity index (χ3n) is 3.72. The van der Waals surface area contributed by atoms with E-state index >= 15 is 0 Å². The average molecular weight is 275 g/mol. The molecule has 106 valence electrons. The van der Waals surface area contributed by atoms with Gasteiger partial charge in [0.15, 0.2) is 0 Å². The average Bonchev–Trinajstić information content (AvgIpc) is 2.97. The molecule has 2 saturated heterocycles. The van der Waals surface area contributed by atoms with Crippen molar-refractivity contribution in [2.24, 2.45) is 5.92 Å². The monoisotopic (exact) mass is 275 g/mol. The Labute approximate surface area is 117 Å². The van der Waals surface area contributed by atoms with Gasteiger partial charge in [-0.05, 0) is 12.5 Å². The van der Waals surface area contributed by atoms with E-state index in [0.29, 0.717) is 25.6 Å². The summed E-state index contributed by atoms with van der Waals surface area (Å²) in [5.41, 5.74) is 0. The molecule has 2 aliphatic heterocycles. The molecular weight excluding hydrogens is 258 g/mol. The predicted octanol–water partition coefficient (Wildman–Crippen LogP) is -0.739. The highest BCUT2D eigenvalue weighted by atomic mass is 16.2. The van der Waals surface area contributed by atoms with Crippen LogP contribution in [0.15, 0.2) is 18.5 Å². The van der Waals surface area contributed by atoms with Crippen LogP contribution in [0.25, 0.3) is 0 Å². The maximum atomic E-state index is 12.4. The second-order valence-corrected chi connectivity index (χ2v) is 5.09. The van der Waals surface area contributed by atoms with Gasteiger partial charge in [0.2, 0.25) is 17.8 Å². The fourth-order valence-electron chi connectivity index (χ4n) is 2.68. The summed E-state index contributed by atoms with van der Waals surface area (Å²) in [4.78, 5) is 35.8. The first-order chi connectivity index (χ1) is 9.74. The minimum absolute atomic E-state index is 0.0651. The molecule has 0 unspecified atom stereocenters. The van der Waals surface area contributed by atoms with Crippen molar-refractivity contribution in [1.29, 1.82) is 0 Å². The number of piperazine rings is 1. The zero-order valence-electron chi connectivity index (χ0n) is 11.2. The van der Waals surface area contributed by atoms with Crippen LogP contribution >= 0.6 is 0 Å². The van der Waals surface area contributed by atoms with Crippen LogP contribution in [-0.4, -0.2) is 59.4 Å². The summed E-state index contributed by atoms with van der Waals surface area (Å²) in [5, 5.41) is 2.73. The van der Waals surface area contributed by atoms with Gasteiger partial charge in [0.05, 0.1) is 12.5 Å². The molecule has 0 saturated carbocycles. The van der Waals surface area contributed by atoms with Crippen LogP contribution in [0.3, 0.4) is 0 Å². The number of amides is 2. The van der Waals surface area contributed by atoms with E-state index in [9.17, 15) is 9.59 Å². The van der Waals surface area contributed by atoms with Crippen LogP contribution < -0.4 is 10.2 Å². The molecular formula is C13H17N5O2. The Balaban J connectivity index is 1.62. The number of hydrogen-bond donors (Lipinski definition) is 1. The van der Waals surface area contributed by atoms with E-state index in [2.05, 4.69) is 15.3 Å². The van der Waals surface area contributed by atoms with Gasteiger partial charge in [-0.15, -0.1) is 0 Å². The highest BCUT2D eigenvalue weighted by molar-refractivity contribution is 5.87. The summed E-state index contributed by atoms with van der Waals surface area (Å²) >= 11 is 0. The predicted molar refractivity (Wildman–Crippen MR) is 71.9 cm³/mol. The lowest BCUT2D eigenvalue weighted by Gasteiger charge is -2.28. The maximum Gasteiger partial charge on any atom is 0.239 e. The lowest BCUT2D eigenvalue weighted by Crippen LogP contribution is -2.51. The molecule has 7 nitrogen and oxygen atoms in total. The summed E-state index contributed by atoms with van der Waals surface area (Å²) in [7, 11) is 0. The third-order valence-corrected chi connectivity index (χ3v) is 3.72. The number of nitrogens with zero attached hydrogens (tertiary/aromatic N) is 4. The quantitative estimate of drug-likeness (QED) is 0.769. The molecule has 7 heteroatoms. The molecule has 20 heavy (non-hydrogen) atoms. The number of hydrogen-bond acceptors (Lipinski definition) is 5. The summed E-state index contributed by atoms with van der Waals surface area (Å²) in [6.45, 7) is 2.73. The van der Waals surface area contributed by atoms with E-state index in [4.69, 9.17) is 0 Å². The second-order valence-electron chi connectivity index (χ2n) is 5.09. The summed E-state index contributed by atoms with van der Waals surface area (Å²) < 4.78 is 0. The van der Waals surface area contributed by atoms with Gasteiger partial charge in [-0.3, -0.25) is 9.59 Å². The fraction of sp³-hybridized carbons (Fsp3) is 0.538. The largest absolute Gasteiger partial charge is 0.353 e. The molecule has 0 aliphatic carbocycles. The van der Waals surface area contributed by atoms with E-state index in [1.54, 1.807) is 23.4 Å². The zero-order valence-corrected chi connectivity index (χ0v) is 11.2. The van der Waals surface area contributed by atoms with Crippen LogP contribution in [0.5, 0.6) is 0 Å². The van der Waals surface area contributed by atoms with Crippen molar-refractivity contribution < 1.29 is 9.59 Å².